The first kappa shape index (κ1) is 17.1. The van der Waals surface area contributed by atoms with Gasteiger partial charge in [-0.15, -0.1) is 0 Å². The van der Waals surface area contributed by atoms with Crippen LogP contribution in [-0.2, 0) is 22.6 Å². The van der Waals surface area contributed by atoms with Crippen molar-refractivity contribution in [1.29, 1.82) is 0 Å². The summed E-state index contributed by atoms with van der Waals surface area (Å²) in [6.45, 7) is 2.21. The minimum atomic E-state index is -0.200. The van der Waals surface area contributed by atoms with Crippen molar-refractivity contribution in [1.82, 2.24) is 10.2 Å². The Balaban J connectivity index is 1.79. The van der Waals surface area contributed by atoms with E-state index in [-0.39, 0.29) is 24.9 Å². The SMILES string of the molecule is CC(=O)N(CC(=O)NCCc1cccc(Cl)c1)Cc1ccco1. The van der Waals surface area contributed by atoms with E-state index in [4.69, 9.17) is 16.0 Å². The van der Waals surface area contributed by atoms with E-state index in [0.717, 1.165) is 5.56 Å². The first-order valence-electron chi connectivity index (χ1n) is 7.33. The van der Waals surface area contributed by atoms with E-state index in [1.807, 2.05) is 24.3 Å². The number of carbonyl (C=O) groups is 2. The van der Waals surface area contributed by atoms with Gasteiger partial charge in [0.2, 0.25) is 11.8 Å². The zero-order valence-corrected chi connectivity index (χ0v) is 13.7. The summed E-state index contributed by atoms with van der Waals surface area (Å²) in [4.78, 5) is 25.0. The first-order chi connectivity index (χ1) is 11.0. The molecule has 0 unspecified atom stereocenters. The van der Waals surface area contributed by atoms with Crippen LogP contribution in [0.15, 0.2) is 47.1 Å². The molecule has 1 heterocycles. The molecule has 2 rings (SSSR count). The predicted octanol–water partition coefficient (Wildman–Crippen LogP) is 2.64. The average molecular weight is 335 g/mol. The number of hydrogen-bond donors (Lipinski definition) is 1. The molecule has 0 spiro atoms. The fourth-order valence-corrected chi connectivity index (χ4v) is 2.35. The monoisotopic (exact) mass is 334 g/mol. The third-order valence-corrected chi connectivity index (χ3v) is 3.57. The van der Waals surface area contributed by atoms with Crippen LogP contribution in [-0.4, -0.2) is 29.8 Å². The number of nitrogens with zero attached hydrogens (tertiary/aromatic N) is 1. The van der Waals surface area contributed by atoms with E-state index in [0.29, 0.717) is 23.7 Å². The van der Waals surface area contributed by atoms with Gasteiger partial charge in [-0.25, -0.2) is 0 Å². The Morgan fingerprint density at radius 2 is 2.09 bits per heavy atom. The molecule has 0 fully saturated rings. The van der Waals surface area contributed by atoms with Crippen molar-refractivity contribution in [2.75, 3.05) is 13.1 Å². The highest BCUT2D eigenvalue weighted by Gasteiger charge is 2.15. The molecule has 1 aromatic carbocycles. The van der Waals surface area contributed by atoms with Gasteiger partial charge in [0, 0.05) is 18.5 Å². The molecule has 0 aliphatic heterocycles. The standard InChI is InChI=1S/C17H19ClN2O3/c1-13(21)20(11-16-6-3-9-23-16)12-17(22)19-8-7-14-4-2-5-15(18)10-14/h2-6,9-10H,7-8,11-12H2,1H3,(H,19,22). The van der Waals surface area contributed by atoms with E-state index in [1.165, 1.54) is 11.8 Å². The smallest absolute Gasteiger partial charge is 0.239 e. The Morgan fingerprint density at radius 3 is 2.74 bits per heavy atom. The molecular weight excluding hydrogens is 316 g/mol. The van der Waals surface area contributed by atoms with Gasteiger partial charge in [0.05, 0.1) is 19.4 Å². The van der Waals surface area contributed by atoms with Crippen molar-refractivity contribution in [2.45, 2.75) is 19.9 Å². The number of halogens is 1. The molecule has 2 aromatic rings. The summed E-state index contributed by atoms with van der Waals surface area (Å²) in [5.74, 6) is 0.270. The molecule has 0 saturated carbocycles. The van der Waals surface area contributed by atoms with Crippen molar-refractivity contribution >= 4 is 23.4 Å². The zero-order valence-electron chi connectivity index (χ0n) is 12.9. The highest BCUT2D eigenvalue weighted by Crippen LogP contribution is 2.10. The van der Waals surface area contributed by atoms with Gasteiger partial charge < -0.3 is 14.6 Å². The molecule has 122 valence electrons. The molecule has 6 heteroatoms. The van der Waals surface area contributed by atoms with Crippen molar-refractivity contribution < 1.29 is 14.0 Å². The molecule has 5 nitrogen and oxygen atoms in total. The maximum absolute atomic E-state index is 12.0. The van der Waals surface area contributed by atoms with Crippen molar-refractivity contribution in [3.63, 3.8) is 0 Å². The van der Waals surface area contributed by atoms with E-state index in [1.54, 1.807) is 18.4 Å². The van der Waals surface area contributed by atoms with Crippen LogP contribution in [0.1, 0.15) is 18.2 Å². The summed E-state index contributed by atoms with van der Waals surface area (Å²) in [6.07, 6.45) is 2.23. The largest absolute Gasteiger partial charge is 0.467 e. The molecule has 0 bridgehead atoms. The summed E-state index contributed by atoms with van der Waals surface area (Å²) in [7, 11) is 0. The summed E-state index contributed by atoms with van der Waals surface area (Å²) in [6, 6.07) is 11.0. The van der Waals surface area contributed by atoms with Gasteiger partial charge in [-0.05, 0) is 36.2 Å². The molecule has 1 N–H and O–H groups in total. The summed E-state index contributed by atoms with van der Waals surface area (Å²) in [5.41, 5.74) is 1.05. The molecular formula is C17H19ClN2O3. The molecule has 0 saturated heterocycles. The van der Waals surface area contributed by atoms with Gasteiger partial charge in [0.15, 0.2) is 0 Å². The summed E-state index contributed by atoms with van der Waals surface area (Å²) < 4.78 is 5.21. The highest BCUT2D eigenvalue weighted by molar-refractivity contribution is 6.30. The Kier molecular flexibility index (Phi) is 6.23. The van der Waals surface area contributed by atoms with E-state index in [2.05, 4.69) is 5.32 Å². The van der Waals surface area contributed by atoms with Crippen LogP contribution in [0.2, 0.25) is 5.02 Å². The number of carbonyl (C=O) groups excluding carboxylic acids is 2. The Hall–Kier alpha value is -2.27. The fourth-order valence-electron chi connectivity index (χ4n) is 2.14. The van der Waals surface area contributed by atoms with Gasteiger partial charge in [-0.2, -0.15) is 0 Å². The molecule has 0 aliphatic carbocycles. The second kappa shape index (κ2) is 8.39. The summed E-state index contributed by atoms with van der Waals surface area (Å²) >= 11 is 5.92. The van der Waals surface area contributed by atoms with Crippen LogP contribution in [0.5, 0.6) is 0 Å². The van der Waals surface area contributed by atoms with Crippen LogP contribution in [0.25, 0.3) is 0 Å². The van der Waals surface area contributed by atoms with Gasteiger partial charge in [0.25, 0.3) is 0 Å². The van der Waals surface area contributed by atoms with E-state index in [9.17, 15) is 9.59 Å². The summed E-state index contributed by atoms with van der Waals surface area (Å²) in [5, 5.41) is 3.48. The maximum atomic E-state index is 12.0. The lowest BCUT2D eigenvalue weighted by molar-refractivity contribution is -0.135. The van der Waals surface area contributed by atoms with Crippen LogP contribution in [0.4, 0.5) is 0 Å². The molecule has 0 atom stereocenters. The Bertz CT molecular complexity index is 656. The van der Waals surface area contributed by atoms with Crippen LogP contribution < -0.4 is 5.32 Å². The third kappa shape index (κ3) is 5.79. The lowest BCUT2D eigenvalue weighted by Crippen LogP contribution is -2.39. The van der Waals surface area contributed by atoms with Gasteiger partial charge in [-0.3, -0.25) is 9.59 Å². The topological polar surface area (TPSA) is 62.6 Å². The van der Waals surface area contributed by atoms with Crippen LogP contribution >= 0.6 is 11.6 Å². The molecule has 1 aromatic heterocycles. The second-order valence-corrected chi connectivity index (χ2v) is 5.62. The lowest BCUT2D eigenvalue weighted by Gasteiger charge is -2.19. The minimum Gasteiger partial charge on any atom is -0.467 e. The quantitative estimate of drug-likeness (QED) is 0.846. The number of furan rings is 1. The Morgan fingerprint density at radius 1 is 1.26 bits per heavy atom. The normalized spacial score (nSPS) is 10.3. The number of hydrogen-bond acceptors (Lipinski definition) is 3. The molecule has 0 radical (unpaired) electrons. The fraction of sp³-hybridized carbons (Fsp3) is 0.294. The zero-order chi connectivity index (χ0) is 16.7. The van der Waals surface area contributed by atoms with E-state index < -0.39 is 0 Å². The van der Waals surface area contributed by atoms with Gasteiger partial charge in [-0.1, -0.05) is 23.7 Å². The van der Waals surface area contributed by atoms with Gasteiger partial charge in [0.1, 0.15) is 5.76 Å². The molecule has 0 aliphatic rings. The second-order valence-electron chi connectivity index (χ2n) is 5.18. The lowest BCUT2D eigenvalue weighted by atomic mass is 10.1. The van der Waals surface area contributed by atoms with Crippen LogP contribution in [0, 0.1) is 0 Å². The minimum absolute atomic E-state index is 0.00553. The number of rotatable bonds is 7. The average Bonchev–Trinajstić information content (AvgIpc) is 2.99. The number of amides is 2. The van der Waals surface area contributed by atoms with Crippen molar-refractivity contribution in [3.8, 4) is 0 Å². The molecule has 23 heavy (non-hydrogen) atoms. The predicted molar refractivity (Wildman–Crippen MR) is 88.0 cm³/mol. The number of nitrogens with one attached hydrogen (secondary N) is 1. The molecule has 2 amide bonds. The van der Waals surface area contributed by atoms with Gasteiger partial charge >= 0.3 is 0 Å². The van der Waals surface area contributed by atoms with Crippen LogP contribution in [0.3, 0.4) is 0 Å². The third-order valence-electron chi connectivity index (χ3n) is 3.33. The van der Waals surface area contributed by atoms with Crippen molar-refractivity contribution in [3.05, 3.63) is 59.0 Å². The number of benzene rings is 1. The van der Waals surface area contributed by atoms with Crippen molar-refractivity contribution in [2.24, 2.45) is 0 Å². The Labute approximate surface area is 140 Å². The highest BCUT2D eigenvalue weighted by atomic mass is 35.5. The first-order valence-corrected chi connectivity index (χ1v) is 7.71. The maximum Gasteiger partial charge on any atom is 0.239 e. The van der Waals surface area contributed by atoms with E-state index >= 15 is 0 Å².